The van der Waals surface area contributed by atoms with E-state index < -0.39 is 0 Å². The van der Waals surface area contributed by atoms with Crippen LogP contribution < -0.4 is 10.6 Å². The SMILES string of the molecule is CN=C(NCc1sc(C)nc1C)NC1CCN(CC2CCCCC2)CC1. The molecule has 0 unspecified atom stereocenters. The van der Waals surface area contributed by atoms with E-state index >= 15 is 0 Å². The van der Waals surface area contributed by atoms with Crippen LogP contribution in [-0.2, 0) is 6.54 Å². The highest BCUT2D eigenvalue weighted by atomic mass is 32.1. The number of rotatable bonds is 5. The molecule has 2 aliphatic rings. The molecule has 0 amide bonds. The molecule has 0 aromatic carbocycles. The van der Waals surface area contributed by atoms with Crippen molar-refractivity contribution in [2.24, 2.45) is 10.9 Å². The van der Waals surface area contributed by atoms with Crippen LogP contribution in [0.4, 0.5) is 0 Å². The first-order valence-corrected chi connectivity index (χ1v) is 11.1. The van der Waals surface area contributed by atoms with Gasteiger partial charge in [0.15, 0.2) is 5.96 Å². The largest absolute Gasteiger partial charge is 0.354 e. The minimum atomic E-state index is 0.535. The van der Waals surface area contributed by atoms with Gasteiger partial charge in [-0.1, -0.05) is 19.3 Å². The lowest BCUT2D eigenvalue weighted by Gasteiger charge is -2.36. The lowest BCUT2D eigenvalue weighted by Crippen LogP contribution is -2.49. The van der Waals surface area contributed by atoms with Crippen molar-refractivity contribution in [1.29, 1.82) is 0 Å². The Morgan fingerprint density at radius 3 is 2.50 bits per heavy atom. The van der Waals surface area contributed by atoms with Gasteiger partial charge in [-0.05, 0) is 45.4 Å². The summed E-state index contributed by atoms with van der Waals surface area (Å²) >= 11 is 1.77. The third-order valence-corrected chi connectivity index (χ3v) is 6.88. The number of nitrogens with one attached hydrogen (secondary N) is 2. The molecule has 0 bridgehead atoms. The van der Waals surface area contributed by atoms with E-state index in [2.05, 4.69) is 39.4 Å². The van der Waals surface area contributed by atoms with Crippen LogP contribution in [0.15, 0.2) is 4.99 Å². The van der Waals surface area contributed by atoms with Crippen molar-refractivity contribution < 1.29 is 0 Å². The molecular formula is C20H35N5S. The molecule has 2 N–H and O–H groups in total. The van der Waals surface area contributed by atoms with Crippen molar-refractivity contribution in [2.75, 3.05) is 26.7 Å². The Hall–Kier alpha value is -1.14. The monoisotopic (exact) mass is 377 g/mol. The average Bonchev–Trinajstić information content (AvgIpc) is 2.98. The second-order valence-electron chi connectivity index (χ2n) is 7.89. The summed E-state index contributed by atoms with van der Waals surface area (Å²) in [6.07, 6.45) is 9.68. The molecule has 0 radical (unpaired) electrons. The minimum Gasteiger partial charge on any atom is -0.354 e. The van der Waals surface area contributed by atoms with E-state index in [1.54, 1.807) is 11.3 Å². The first kappa shape index (κ1) is 19.6. The van der Waals surface area contributed by atoms with Crippen LogP contribution in [0.1, 0.15) is 60.5 Å². The number of thiazole rings is 1. The number of piperidine rings is 1. The van der Waals surface area contributed by atoms with E-state index in [1.165, 1.54) is 69.5 Å². The van der Waals surface area contributed by atoms with Crippen LogP contribution in [0.3, 0.4) is 0 Å². The zero-order valence-corrected chi connectivity index (χ0v) is 17.5. The topological polar surface area (TPSA) is 52.6 Å². The highest BCUT2D eigenvalue weighted by Crippen LogP contribution is 2.25. The molecule has 0 atom stereocenters. The van der Waals surface area contributed by atoms with Crippen molar-refractivity contribution in [2.45, 2.75) is 71.4 Å². The summed E-state index contributed by atoms with van der Waals surface area (Å²) in [5.41, 5.74) is 1.13. The molecule has 1 aromatic heterocycles. The van der Waals surface area contributed by atoms with Crippen molar-refractivity contribution >= 4 is 17.3 Å². The van der Waals surface area contributed by atoms with Gasteiger partial charge in [-0.25, -0.2) is 4.98 Å². The molecule has 3 rings (SSSR count). The fourth-order valence-electron chi connectivity index (χ4n) is 4.28. The summed E-state index contributed by atoms with van der Waals surface area (Å²) in [5.74, 6) is 1.87. The first-order chi connectivity index (χ1) is 12.6. The highest BCUT2D eigenvalue weighted by molar-refractivity contribution is 7.11. The molecule has 1 aliphatic heterocycles. The second-order valence-corrected chi connectivity index (χ2v) is 9.18. The van der Waals surface area contributed by atoms with Crippen molar-refractivity contribution in [3.05, 3.63) is 15.6 Å². The van der Waals surface area contributed by atoms with Gasteiger partial charge < -0.3 is 15.5 Å². The Bertz CT molecular complexity index is 583. The van der Waals surface area contributed by atoms with E-state index in [1.807, 2.05) is 7.05 Å². The van der Waals surface area contributed by atoms with Gasteiger partial charge in [0, 0.05) is 37.6 Å². The summed E-state index contributed by atoms with van der Waals surface area (Å²) in [4.78, 5) is 12.9. The normalized spacial score (nSPS) is 21.1. The molecule has 1 aromatic rings. The smallest absolute Gasteiger partial charge is 0.191 e. The van der Waals surface area contributed by atoms with Crippen LogP contribution in [0, 0.1) is 19.8 Å². The number of aliphatic imine (C=N–C) groups is 1. The second kappa shape index (κ2) is 9.70. The predicted molar refractivity (Wildman–Crippen MR) is 111 cm³/mol. The molecule has 1 aliphatic carbocycles. The Kier molecular flexibility index (Phi) is 7.32. The third-order valence-electron chi connectivity index (χ3n) is 5.81. The van der Waals surface area contributed by atoms with E-state index in [0.717, 1.165) is 29.1 Å². The number of nitrogens with zero attached hydrogens (tertiary/aromatic N) is 3. The molecule has 2 heterocycles. The lowest BCUT2D eigenvalue weighted by atomic mass is 9.88. The van der Waals surface area contributed by atoms with Crippen LogP contribution in [0.2, 0.25) is 0 Å². The average molecular weight is 378 g/mol. The quantitative estimate of drug-likeness (QED) is 0.609. The predicted octanol–water partition coefficient (Wildman–Crippen LogP) is 3.47. The Labute approximate surface area is 162 Å². The Morgan fingerprint density at radius 1 is 1.15 bits per heavy atom. The third kappa shape index (κ3) is 5.68. The molecule has 26 heavy (non-hydrogen) atoms. The van der Waals surface area contributed by atoms with Crippen molar-refractivity contribution in [3.63, 3.8) is 0 Å². The Morgan fingerprint density at radius 2 is 1.88 bits per heavy atom. The number of aryl methyl sites for hydroxylation is 2. The zero-order chi connectivity index (χ0) is 18.4. The highest BCUT2D eigenvalue weighted by Gasteiger charge is 2.23. The number of hydrogen-bond acceptors (Lipinski definition) is 4. The number of hydrogen-bond donors (Lipinski definition) is 2. The molecule has 1 saturated heterocycles. The first-order valence-electron chi connectivity index (χ1n) is 10.3. The molecule has 6 heteroatoms. The van der Waals surface area contributed by atoms with Gasteiger partial charge in [0.1, 0.15) is 0 Å². The number of aromatic nitrogens is 1. The maximum absolute atomic E-state index is 4.50. The fourth-order valence-corrected chi connectivity index (χ4v) is 5.16. The number of guanidine groups is 1. The van der Waals surface area contributed by atoms with Gasteiger partial charge in [-0.2, -0.15) is 0 Å². The van der Waals surface area contributed by atoms with E-state index in [0.29, 0.717) is 6.04 Å². The van der Waals surface area contributed by atoms with Crippen molar-refractivity contribution in [3.8, 4) is 0 Å². The van der Waals surface area contributed by atoms with Gasteiger partial charge in [0.05, 0.1) is 17.2 Å². The Balaban J connectivity index is 1.39. The van der Waals surface area contributed by atoms with Crippen LogP contribution in [0.5, 0.6) is 0 Å². The van der Waals surface area contributed by atoms with Gasteiger partial charge in [0.25, 0.3) is 0 Å². The van der Waals surface area contributed by atoms with Gasteiger partial charge >= 0.3 is 0 Å². The summed E-state index contributed by atoms with van der Waals surface area (Å²) in [5, 5.41) is 8.21. The summed E-state index contributed by atoms with van der Waals surface area (Å²) in [7, 11) is 1.86. The van der Waals surface area contributed by atoms with E-state index in [-0.39, 0.29) is 0 Å². The van der Waals surface area contributed by atoms with Crippen LogP contribution in [0.25, 0.3) is 0 Å². The van der Waals surface area contributed by atoms with Crippen LogP contribution >= 0.6 is 11.3 Å². The summed E-state index contributed by atoms with van der Waals surface area (Å²) in [6.45, 7) is 8.71. The standard InChI is InChI=1S/C20H35N5S/c1-15-19(26-16(2)23-15)13-22-20(21-3)24-18-9-11-25(12-10-18)14-17-7-5-4-6-8-17/h17-18H,4-14H2,1-3H3,(H2,21,22,24). The molecule has 146 valence electrons. The lowest BCUT2D eigenvalue weighted by molar-refractivity contribution is 0.160. The molecular weight excluding hydrogens is 342 g/mol. The fraction of sp³-hybridized carbons (Fsp3) is 0.800. The number of likely N-dealkylation sites (tertiary alicyclic amines) is 1. The maximum Gasteiger partial charge on any atom is 0.191 e. The molecule has 5 nitrogen and oxygen atoms in total. The van der Waals surface area contributed by atoms with Gasteiger partial charge in [0.2, 0.25) is 0 Å². The maximum atomic E-state index is 4.50. The van der Waals surface area contributed by atoms with Gasteiger partial charge in [-0.3, -0.25) is 4.99 Å². The molecule has 2 fully saturated rings. The minimum absolute atomic E-state index is 0.535. The molecule has 1 saturated carbocycles. The van der Waals surface area contributed by atoms with E-state index in [9.17, 15) is 0 Å². The van der Waals surface area contributed by atoms with Crippen LogP contribution in [-0.4, -0.2) is 48.6 Å². The summed E-state index contributed by atoms with van der Waals surface area (Å²) < 4.78 is 0. The molecule has 0 spiro atoms. The summed E-state index contributed by atoms with van der Waals surface area (Å²) in [6, 6.07) is 0.535. The van der Waals surface area contributed by atoms with Crippen molar-refractivity contribution in [1.82, 2.24) is 20.5 Å². The van der Waals surface area contributed by atoms with E-state index in [4.69, 9.17) is 0 Å². The zero-order valence-electron chi connectivity index (χ0n) is 16.7. The van der Waals surface area contributed by atoms with Gasteiger partial charge in [-0.15, -0.1) is 11.3 Å².